The van der Waals surface area contributed by atoms with Crippen LogP contribution >= 0.6 is 0 Å². The molecule has 0 unspecified atom stereocenters. The Morgan fingerprint density at radius 1 is 1.12 bits per heavy atom. The quantitative estimate of drug-likeness (QED) is 0.775. The molecule has 17 heavy (non-hydrogen) atoms. The van der Waals surface area contributed by atoms with Gasteiger partial charge in [-0.05, 0) is 25.3 Å². The molecule has 0 spiro atoms. The molecule has 0 saturated heterocycles. The summed E-state index contributed by atoms with van der Waals surface area (Å²) in [5.74, 6) is 0. The van der Waals surface area contributed by atoms with E-state index in [4.69, 9.17) is 0 Å². The molecule has 5 heteroatoms. The summed E-state index contributed by atoms with van der Waals surface area (Å²) in [6.45, 7) is 1.81. The van der Waals surface area contributed by atoms with Gasteiger partial charge in [-0.25, -0.2) is 0 Å². The Kier molecular flexibility index (Phi) is 3.00. The van der Waals surface area contributed by atoms with Crippen LogP contribution in [0.4, 0.5) is 17.1 Å². The molecule has 0 amide bonds. The number of rotatable bonds is 4. The SMILES string of the molecule is CC=CNc1c(Nc2ccncc2)c(=O)c1=O. The highest BCUT2D eigenvalue weighted by molar-refractivity contribution is 5.79. The smallest absolute Gasteiger partial charge is 0.253 e. The molecular formula is C12H11N3O2. The summed E-state index contributed by atoms with van der Waals surface area (Å²) in [7, 11) is 0. The van der Waals surface area contributed by atoms with E-state index in [2.05, 4.69) is 15.6 Å². The van der Waals surface area contributed by atoms with E-state index in [0.29, 0.717) is 11.4 Å². The highest BCUT2D eigenvalue weighted by atomic mass is 16.2. The van der Waals surface area contributed by atoms with Crippen molar-refractivity contribution in [3.05, 3.63) is 57.2 Å². The first kappa shape index (κ1) is 11.1. The van der Waals surface area contributed by atoms with E-state index < -0.39 is 10.9 Å². The second kappa shape index (κ2) is 4.61. The van der Waals surface area contributed by atoms with Crippen molar-refractivity contribution in [1.29, 1.82) is 0 Å². The molecular weight excluding hydrogens is 218 g/mol. The summed E-state index contributed by atoms with van der Waals surface area (Å²) < 4.78 is 0. The zero-order valence-electron chi connectivity index (χ0n) is 9.23. The van der Waals surface area contributed by atoms with Crippen LogP contribution in [-0.4, -0.2) is 4.98 Å². The van der Waals surface area contributed by atoms with E-state index in [0.717, 1.165) is 5.69 Å². The first-order chi connectivity index (χ1) is 8.24. The standard InChI is InChI=1S/C12H11N3O2/c1-2-5-14-9-10(12(17)11(9)16)15-8-3-6-13-7-4-8/h2-7,14H,1H3,(H,13,15). The maximum absolute atomic E-state index is 11.4. The summed E-state index contributed by atoms with van der Waals surface area (Å²) in [4.78, 5) is 26.6. The Morgan fingerprint density at radius 2 is 1.76 bits per heavy atom. The average molecular weight is 229 g/mol. The molecule has 0 aliphatic heterocycles. The lowest BCUT2D eigenvalue weighted by Gasteiger charge is -2.12. The minimum atomic E-state index is -0.506. The normalized spacial score (nSPS) is 10.9. The summed E-state index contributed by atoms with van der Waals surface area (Å²) >= 11 is 0. The molecule has 0 aliphatic carbocycles. The van der Waals surface area contributed by atoms with Crippen LogP contribution in [0.3, 0.4) is 0 Å². The van der Waals surface area contributed by atoms with E-state index in [1.54, 1.807) is 36.8 Å². The second-order valence-corrected chi connectivity index (χ2v) is 3.41. The number of allylic oxidation sites excluding steroid dienone is 1. The van der Waals surface area contributed by atoms with E-state index in [-0.39, 0.29) is 0 Å². The Labute approximate surface area is 97.5 Å². The van der Waals surface area contributed by atoms with Gasteiger partial charge in [0.2, 0.25) is 0 Å². The van der Waals surface area contributed by atoms with Crippen LogP contribution in [0.25, 0.3) is 0 Å². The van der Waals surface area contributed by atoms with Gasteiger partial charge < -0.3 is 10.6 Å². The maximum Gasteiger partial charge on any atom is 0.253 e. The van der Waals surface area contributed by atoms with E-state index in [1.807, 2.05) is 6.92 Å². The third-order valence-electron chi connectivity index (χ3n) is 2.25. The molecule has 1 heterocycles. The van der Waals surface area contributed by atoms with Gasteiger partial charge in [0, 0.05) is 18.1 Å². The lowest BCUT2D eigenvalue weighted by atomic mass is 10.2. The molecule has 0 fully saturated rings. The van der Waals surface area contributed by atoms with Crippen LogP contribution in [0.15, 0.2) is 46.4 Å². The Morgan fingerprint density at radius 3 is 2.41 bits per heavy atom. The van der Waals surface area contributed by atoms with Gasteiger partial charge in [-0.15, -0.1) is 0 Å². The molecule has 0 bridgehead atoms. The van der Waals surface area contributed by atoms with Gasteiger partial charge in [0.25, 0.3) is 10.9 Å². The minimum absolute atomic E-state index is 0.291. The highest BCUT2D eigenvalue weighted by Crippen LogP contribution is 2.19. The van der Waals surface area contributed by atoms with Crippen LogP contribution in [0, 0.1) is 0 Å². The zero-order valence-corrected chi connectivity index (χ0v) is 9.23. The van der Waals surface area contributed by atoms with Crippen molar-refractivity contribution >= 4 is 17.1 Å². The third kappa shape index (κ3) is 2.08. The van der Waals surface area contributed by atoms with Crippen LogP contribution in [0.1, 0.15) is 6.92 Å². The number of nitrogens with one attached hydrogen (secondary N) is 2. The van der Waals surface area contributed by atoms with Crippen molar-refractivity contribution in [2.24, 2.45) is 0 Å². The zero-order chi connectivity index (χ0) is 12.3. The lowest BCUT2D eigenvalue weighted by Crippen LogP contribution is -2.35. The largest absolute Gasteiger partial charge is 0.357 e. The number of aromatic nitrogens is 1. The van der Waals surface area contributed by atoms with E-state index >= 15 is 0 Å². The lowest BCUT2D eigenvalue weighted by molar-refractivity contribution is 1.31. The molecule has 1 aromatic carbocycles. The number of hydrogen-bond donors (Lipinski definition) is 2. The van der Waals surface area contributed by atoms with Crippen molar-refractivity contribution < 1.29 is 0 Å². The van der Waals surface area contributed by atoms with E-state index in [9.17, 15) is 9.59 Å². The average Bonchev–Trinajstić information content (AvgIpc) is 2.38. The summed E-state index contributed by atoms with van der Waals surface area (Å²) in [6, 6.07) is 3.44. The fraction of sp³-hybridized carbons (Fsp3) is 0.0833. The number of hydrogen-bond acceptors (Lipinski definition) is 5. The summed E-state index contributed by atoms with van der Waals surface area (Å²) in [5, 5.41) is 5.66. The van der Waals surface area contributed by atoms with Gasteiger partial charge in [-0.1, -0.05) is 6.08 Å². The predicted molar refractivity (Wildman–Crippen MR) is 67.3 cm³/mol. The van der Waals surface area contributed by atoms with Gasteiger partial charge in [0.15, 0.2) is 0 Å². The fourth-order valence-electron chi connectivity index (χ4n) is 1.39. The molecule has 1 aromatic heterocycles. The van der Waals surface area contributed by atoms with Gasteiger partial charge in [-0.2, -0.15) is 0 Å². The van der Waals surface area contributed by atoms with Gasteiger partial charge in [0.05, 0.1) is 0 Å². The summed E-state index contributed by atoms with van der Waals surface area (Å²) in [5.41, 5.74) is 0.299. The number of pyridine rings is 1. The van der Waals surface area contributed by atoms with Crippen LogP contribution in [0.2, 0.25) is 0 Å². The Bertz CT molecular complexity index is 610. The van der Waals surface area contributed by atoms with Crippen molar-refractivity contribution in [1.82, 2.24) is 4.98 Å². The van der Waals surface area contributed by atoms with Crippen LogP contribution in [-0.2, 0) is 0 Å². The molecule has 5 nitrogen and oxygen atoms in total. The molecule has 2 aromatic rings. The van der Waals surface area contributed by atoms with Gasteiger partial charge >= 0.3 is 0 Å². The van der Waals surface area contributed by atoms with Crippen molar-refractivity contribution in [3.8, 4) is 0 Å². The van der Waals surface area contributed by atoms with Gasteiger partial charge in [-0.3, -0.25) is 14.6 Å². The monoisotopic (exact) mass is 229 g/mol. The maximum atomic E-state index is 11.4. The number of anilines is 3. The molecule has 0 saturated carbocycles. The third-order valence-corrected chi connectivity index (χ3v) is 2.25. The first-order valence-electron chi connectivity index (χ1n) is 5.12. The molecule has 86 valence electrons. The molecule has 0 radical (unpaired) electrons. The molecule has 2 N–H and O–H groups in total. The highest BCUT2D eigenvalue weighted by Gasteiger charge is 2.19. The molecule has 2 rings (SSSR count). The minimum Gasteiger partial charge on any atom is -0.357 e. The first-order valence-corrected chi connectivity index (χ1v) is 5.12. The Balaban J connectivity index is 2.25. The van der Waals surface area contributed by atoms with Gasteiger partial charge in [0.1, 0.15) is 11.4 Å². The topological polar surface area (TPSA) is 71.1 Å². The fourth-order valence-corrected chi connectivity index (χ4v) is 1.39. The van der Waals surface area contributed by atoms with Crippen molar-refractivity contribution in [3.63, 3.8) is 0 Å². The second-order valence-electron chi connectivity index (χ2n) is 3.41. The summed E-state index contributed by atoms with van der Waals surface area (Å²) in [6.07, 6.45) is 6.56. The van der Waals surface area contributed by atoms with Crippen molar-refractivity contribution in [2.75, 3.05) is 10.6 Å². The number of nitrogens with zero attached hydrogens (tertiary/aromatic N) is 1. The Hall–Kier alpha value is -2.43. The molecule has 0 aliphatic rings. The van der Waals surface area contributed by atoms with Crippen LogP contribution < -0.4 is 21.5 Å². The predicted octanol–water partition coefficient (Wildman–Crippen LogP) is 1.37. The van der Waals surface area contributed by atoms with Crippen LogP contribution in [0.5, 0.6) is 0 Å². The molecule has 0 atom stereocenters. The van der Waals surface area contributed by atoms with E-state index in [1.165, 1.54) is 0 Å². The van der Waals surface area contributed by atoms with Crippen molar-refractivity contribution in [2.45, 2.75) is 6.92 Å².